The number of phenolic OH excluding ortho intramolecular Hbond substituents is 1. The Kier molecular flexibility index (Phi) is 2.75. The van der Waals surface area contributed by atoms with Gasteiger partial charge in [0.1, 0.15) is 11.4 Å². The van der Waals surface area contributed by atoms with Crippen LogP contribution in [0.3, 0.4) is 0 Å². The van der Waals surface area contributed by atoms with E-state index in [0.29, 0.717) is 11.1 Å². The molecule has 0 aliphatic heterocycles. The van der Waals surface area contributed by atoms with Crippen molar-refractivity contribution in [1.29, 1.82) is 0 Å². The predicted octanol–water partition coefficient (Wildman–Crippen LogP) is 3.47. The summed E-state index contributed by atoms with van der Waals surface area (Å²) >= 11 is 0. The topological polar surface area (TPSA) is 33.1 Å². The summed E-state index contributed by atoms with van der Waals surface area (Å²) in [6, 6.07) is 8.46. The van der Waals surface area contributed by atoms with Crippen molar-refractivity contribution in [2.24, 2.45) is 0 Å². The van der Waals surface area contributed by atoms with E-state index >= 15 is 0 Å². The Labute approximate surface area is 95.4 Å². The fourth-order valence-electron chi connectivity index (χ4n) is 1.45. The van der Waals surface area contributed by atoms with Crippen molar-refractivity contribution in [1.82, 2.24) is 4.98 Å². The Morgan fingerprint density at radius 3 is 2.35 bits per heavy atom. The number of benzene rings is 1. The van der Waals surface area contributed by atoms with Crippen LogP contribution in [-0.4, -0.2) is 10.1 Å². The van der Waals surface area contributed by atoms with Gasteiger partial charge in [0.05, 0.1) is 0 Å². The molecule has 0 spiro atoms. The minimum absolute atomic E-state index is 0.00729. The van der Waals surface area contributed by atoms with E-state index in [1.165, 1.54) is 18.2 Å². The van der Waals surface area contributed by atoms with Crippen LogP contribution >= 0.6 is 0 Å². The van der Waals surface area contributed by atoms with Gasteiger partial charge in [0.15, 0.2) is 0 Å². The zero-order valence-electron chi connectivity index (χ0n) is 8.57. The van der Waals surface area contributed by atoms with Gasteiger partial charge >= 0.3 is 6.18 Å². The first-order chi connectivity index (χ1) is 7.97. The SMILES string of the molecule is Oc1cccc(-c2ccnc(C(F)(F)F)c2)c1. The quantitative estimate of drug-likeness (QED) is 0.826. The fourth-order valence-corrected chi connectivity index (χ4v) is 1.45. The molecule has 17 heavy (non-hydrogen) atoms. The molecule has 1 aromatic carbocycles. The molecule has 0 saturated heterocycles. The van der Waals surface area contributed by atoms with Gasteiger partial charge in [-0.15, -0.1) is 0 Å². The smallest absolute Gasteiger partial charge is 0.433 e. The molecule has 0 atom stereocenters. The van der Waals surface area contributed by atoms with Crippen LogP contribution in [0.4, 0.5) is 13.2 Å². The van der Waals surface area contributed by atoms with Crippen molar-refractivity contribution >= 4 is 0 Å². The lowest BCUT2D eigenvalue weighted by molar-refractivity contribution is -0.141. The monoisotopic (exact) mass is 239 g/mol. The maximum Gasteiger partial charge on any atom is 0.433 e. The van der Waals surface area contributed by atoms with Crippen molar-refractivity contribution in [2.45, 2.75) is 6.18 Å². The minimum atomic E-state index is -4.47. The molecule has 0 amide bonds. The van der Waals surface area contributed by atoms with Crippen molar-refractivity contribution in [3.05, 3.63) is 48.3 Å². The third kappa shape index (κ3) is 2.55. The number of hydrogen-bond acceptors (Lipinski definition) is 2. The first-order valence-corrected chi connectivity index (χ1v) is 4.79. The number of phenols is 1. The van der Waals surface area contributed by atoms with E-state index < -0.39 is 11.9 Å². The molecule has 0 unspecified atom stereocenters. The maximum atomic E-state index is 12.5. The number of pyridine rings is 1. The summed E-state index contributed by atoms with van der Waals surface area (Å²) in [5, 5.41) is 9.27. The number of aromatic nitrogens is 1. The van der Waals surface area contributed by atoms with E-state index in [0.717, 1.165) is 12.3 Å². The highest BCUT2D eigenvalue weighted by Crippen LogP contribution is 2.31. The average molecular weight is 239 g/mol. The van der Waals surface area contributed by atoms with Gasteiger partial charge < -0.3 is 5.11 Å². The van der Waals surface area contributed by atoms with E-state index in [9.17, 15) is 18.3 Å². The van der Waals surface area contributed by atoms with Crippen LogP contribution in [0.2, 0.25) is 0 Å². The average Bonchev–Trinajstić information content (AvgIpc) is 2.28. The molecule has 1 aromatic heterocycles. The van der Waals surface area contributed by atoms with Gasteiger partial charge in [-0.25, -0.2) is 0 Å². The molecule has 1 heterocycles. The molecule has 0 saturated carbocycles. The molecule has 2 nitrogen and oxygen atoms in total. The van der Waals surface area contributed by atoms with Gasteiger partial charge in [0, 0.05) is 6.20 Å². The molecular weight excluding hydrogens is 231 g/mol. The fraction of sp³-hybridized carbons (Fsp3) is 0.0833. The molecule has 88 valence electrons. The summed E-state index contributed by atoms with van der Waals surface area (Å²) in [6.45, 7) is 0. The normalized spacial score (nSPS) is 11.5. The Hall–Kier alpha value is -2.04. The first-order valence-electron chi connectivity index (χ1n) is 4.79. The Morgan fingerprint density at radius 1 is 1.00 bits per heavy atom. The highest BCUT2D eigenvalue weighted by Gasteiger charge is 2.32. The Balaban J connectivity index is 2.47. The van der Waals surface area contributed by atoms with Crippen LogP contribution in [0.25, 0.3) is 11.1 Å². The van der Waals surface area contributed by atoms with Crippen molar-refractivity contribution in [3.8, 4) is 16.9 Å². The highest BCUT2D eigenvalue weighted by atomic mass is 19.4. The van der Waals surface area contributed by atoms with E-state index in [1.54, 1.807) is 12.1 Å². The number of alkyl halides is 3. The molecular formula is C12H8F3NO. The molecule has 2 aromatic rings. The number of hydrogen-bond donors (Lipinski definition) is 1. The van der Waals surface area contributed by atoms with Crippen molar-refractivity contribution in [3.63, 3.8) is 0 Å². The second-order valence-corrected chi connectivity index (χ2v) is 3.48. The zero-order chi connectivity index (χ0) is 12.5. The number of rotatable bonds is 1. The Morgan fingerprint density at radius 2 is 1.71 bits per heavy atom. The lowest BCUT2D eigenvalue weighted by Gasteiger charge is -2.07. The molecule has 0 aliphatic carbocycles. The van der Waals surface area contributed by atoms with Gasteiger partial charge in [-0.3, -0.25) is 4.98 Å². The van der Waals surface area contributed by atoms with Crippen LogP contribution in [0, 0.1) is 0 Å². The number of halogens is 3. The minimum Gasteiger partial charge on any atom is -0.508 e. The Bertz CT molecular complexity index is 537. The van der Waals surface area contributed by atoms with Crippen molar-refractivity contribution in [2.75, 3.05) is 0 Å². The van der Waals surface area contributed by atoms with Crippen LogP contribution in [0.5, 0.6) is 5.75 Å². The standard InChI is InChI=1S/C12H8F3NO/c13-12(14,15)11-7-9(4-5-16-11)8-2-1-3-10(17)6-8/h1-7,17H. The largest absolute Gasteiger partial charge is 0.508 e. The second kappa shape index (κ2) is 4.08. The molecule has 2 rings (SSSR count). The number of aromatic hydroxyl groups is 1. The van der Waals surface area contributed by atoms with E-state index in [2.05, 4.69) is 4.98 Å². The summed E-state index contributed by atoms with van der Waals surface area (Å²) in [5.41, 5.74) is -0.0699. The third-order valence-corrected chi connectivity index (χ3v) is 2.23. The van der Waals surface area contributed by atoms with Gasteiger partial charge in [0.2, 0.25) is 0 Å². The predicted molar refractivity (Wildman–Crippen MR) is 56.3 cm³/mol. The third-order valence-electron chi connectivity index (χ3n) is 2.23. The lowest BCUT2D eigenvalue weighted by Crippen LogP contribution is -2.07. The summed E-state index contributed by atoms with van der Waals surface area (Å²) in [4.78, 5) is 3.27. The van der Waals surface area contributed by atoms with Gasteiger partial charge in [0.25, 0.3) is 0 Å². The summed E-state index contributed by atoms with van der Waals surface area (Å²) in [7, 11) is 0. The molecule has 0 bridgehead atoms. The van der Waals surface area contributed by atoms with E-state index in [1.807, 2.05) is 0 Å². The maximum absolute atomic E-state index is 12.5. The second-order valence-electron chi connectivity index (χ2n) is 3.48. The van der Waals surface area contributed by atoms with Gasteiger partial charge in [-0.1, -0.05) is 12.1 Å². The van der Waals surface area contributed by atoms with Crippen molar-refractivity contribution < 1.29 is 18.3 Å². The highest BCUT2D eigenvalue weighted by molar-refractivity contribution is 5.65. The number of nitrogens with zero attached hydrogens (tertiary/aromatic N) is 1. The van der Waals surface area contributed by atoms with E-state index in [4.69, 9.17) is 0 Å². The lowest BCUT2D eigenvalue weighted by atomic mass is 10.1. The summed E-state index contributed by atoms with van der Waals surface area (Å²) in [6.07, 6.45) is -3.37. The van der Waals surface area contributed by atoms with E-state index in [-0.39, 0.29) is 5.75 Å². The van der Waals surface area contributed by atoms with Gasteiger partial charge in [-0.2, -0.15) is 13.2 Å². The molecule has 0 aliphatic rings. The van der Waals surface area contributed by atoms with Crippen LogP contribution in [0.15, 0.2) is 42.6 Å². The van der Waals surface area contributed by atoms with Gasteiger partial charge in [-0.05, 0) is 35.4 Å². The first kappa shape index (κ1) is 11.4. The molecule has 5 heteroatoms. The van der Waals surface area contributed by atoms with Crippen LogP contribution in [-0.2, 0) is 6.18 Å². The summed E-state index contributed by atoms with van der Waals surface area (Å²) < 4.78 is 37.4. The van der Waals surface area contributed by atoms with Crippen LogP contribution in [0.1, 0.15) is 5.69 Å². The molecule has 0 fully saturated rings. The zero-order valence-corrected chi connectivity index (χ0v) is 8.57. The summed E-state index contributed by atoms with van der Waals surface area (Å²) in [5.74, 6) is 0.00729. The molecule has 1 N–H and O–H groups in total. The van der Waals surface area contributed by atoms with Crippen LogP contribution < -0.4 is 0 Å². The molecule has 0 radical (unpaired) electrons.